The summed E-state index contributed by atoms with van der Waals surface area (Å²) in [6.45, 7) is 0. The second kappa shape index (κ2) is 4.94. The summed E-state index contributed by atoms with van der Waals surface area (Å²) in [6, 6.07) is 6.38. The van der Waals surface area contributed by atoms with Crippen molar-refractivity contribution in [2.75, 3.05) is 6.26 Å². The van der Waals surface area contributed by atoms with Gasteiger partial charge in [-0.25, -0.2) is 8.42 Å². The zero-order valence-electron chi connectivity index (χ0n) is 8.19. The molecular formula is C9H9Br2ClO3S. The second-order valence-corrected chi connectivity index (χ2v) is 10.5. The third kappa shape index (κ3) is 2.98. The SMILES string of the molecule is CS(=O)(=O)C(Br)(Br)C(O)c1cccc(Cl)c1. The summed E-state index contributed by atoms with van der Waals surface area (Å²) in [7, 11) is -3.52. The molecule has 0 aliphatic carbocycles. The molecule has 0 spiro atoms. The number of sulfone groups is 1. The summed E-state index contributed by atoms with van der Waals surface area (Å²) in [4.78, 5) is 0. The number of benzene rings is 1. The van der Waals surface area contributed by atoms with Gasteiger partial charge in [0.25, 0.3) is 0 Å². The van der Waals surface area contributed by atoms with Crippen LogP contribution in [-0.2, 0) is 9.84 Å². The Morgan fingerprint density at radius 1 is 1.44 bits per heavy atom. The van der Waals surface area contributed by atoms with Gasteiger partial charge < -0.3 is 5.11 Å². The summed E-state index contributed by atoms with van der Waals surface area (Å²) in [5, 5.41) is 10.4. The molecule has 1 rings (SSSR count). The number of hydrogen-bond acceptors (Lipinski definition) is 3. The van der Waals surface area contributed by atoms with Crippen LogP contribution in [0.3, 0.4) is 0 Å². The number of alkyl halides is 2. The molecule has 1 unspecified atom stereocenters. The lowest BCUT2D eigenvalue weighted by Gasteiger charge is -2.25. The molecular weight excluding hydrogens is 383 g/mol. The van der Waals surface area contributed by atoms with E-state index in [9.17, 15) is 13.5 Å². The minimum atomic E-state index is -3.52. The number of halogens is 3. The highest BCUT2D eigenvalue weighted by molar-refractivity contribution is 9.27. The van der Waals surface area contributed by atoms with Crippen LogP contribution in [0, 0.1) is 0 Å². The molecule has 1 aromatic carbocycles. The van der Waals surface area contributed by atoms with Crippen LogP contribution in [0.2, 0.25) is 5.02 Å². The minimum Gasteiger partial charge on any atom is -0.385 e. The van der Waals surface area contributed by atoms with Gasteiger partial charge in [0.15, 0.2) is 9.84 Å². The second-order valence-electron chi connectivity index (χ2n) is 3.29. The van der Waals surface area contributed by atoms with Crippen molar-refractivity contribution >= 4 is 53.3 Å². The first-order valence-electron chi connectivity index (χ1n) is 4.17. The lowest BCUT2D eigenvalue weighted by atomic mass is 10.1. The number of aliphatic hydroxyl groups excluding tert-OH is 1. The van der Waals surface area contributed by atoms with Gasteiger partial charge in [-0.3, -0.25) is 0 Å². The van der Waals surface area contributed by atoms with Crippen LogP contribution < -0.4 is 0 Å². The molecule has 16 heavy (non-hydrogen) atoms. The van der Waals surface area contributed by atoms with E-state index in [0.717, 1.165) is 6.26 Å². The van der Waals surface area contributed by atoms with E-state index in [4.69, 9.17) is 11.6 Å². The van der Waals surface area contributed by atoms with E-state index in [-0.39, 0.29) is 0 Å². The maximum absolute atomic E-state index is 11.5. The molecule has 1 atom stereocenters. The molecule has 0 heterocycles. The minimum absolute atomic E-state index is 0.409. The van der Waals surface area contributed by atoms with E-state index in [1.165, 1.54) is 6.07 Å². The predicted octanol–water partition coefficient (Wildman–Crippen LogP) is 2.86. The molecule has 0 fully saturated rings. The highest BCUT2D eigenvalue weighted by Crippen LogP contribution is 2.44. The van der Waals surface area contributed by atoms with Gasteiger partial charge in [-0.2, -0.15) is 0 Å². The lowest BCUT2D eigenvalue weighted by molar-refractivity contribution is 0.189. The Balaban J connectivity index is 3.17. The highest BCUT2D eigenvalue weighted by Gasteiger charge is 2.43. The van der Waals surface area contributed by atoms with Crippen molar-refractivity contribution in [2.45, 2.75) is 8.67 Å². The Labute approximate surface area is 116 Å². The fraction of sp³-hybridized carbons (Fsp3) is 0.333. The molecule has 0 saturated carbocycles. The zero-order valence-corrected chi connectivity index (χ0v) is 12.9. The van der Waals surface area contributed by atoms with Gasteiger partial charge in [-0.15, -0.1) is 0 Å². The largest absolute Gasteiger partial charge is 0.385 e. The Morgan fingerprint density at radius 2 is 2.00 bits per heavy atom. The van der Waals surface area contributed by atoms with E-state index >= 15 is 0 Å². The van der Waals surface area contributed by atoms with E-state index < -0.39 is 18.5 Å². The zero-order chi connectivity index (χ0) is 12.6. The summed E-state index contributed by atoms with van der Waals surface area (Å²) in [5.41, 5.74) is 0.409. The first kappa shape index (κ1) is 14.4. The van der Waals surface area contributed by atoms with Crippen LogP contribution in [-0.4, -0.2) is 22.3 Å². The quantitative estimate of drug-likeness (QED) is 0.805. The first-order valence-corrected chi connectivity index (χ1v) is 8.02. The number of hydrogen-bond donors (Lipinski definition) is 1. The average molecular weight is 392 g/mol. The number of rotatable bonds is 3. The first-order chi connectivity index (χ1) is 7.16. The van der Waals surface area contributed by atoms with Gasteiger partial charge in [-0.05, 0) is 17.7 Å². The normalized spacial score (nSPS) is 14.8. The van der Waals surface area contributed by atoms with E-state index in [1.807, 2.05) is 0 Å². The monoisotopic (exact) mass is 390 g/mol. The van der Waals surface area contributed by atoms with Crippen molar-refractivity contribution < 1.29 is 13.5 Å². The van der Waals surface area contributed by atoms with Crippen molar-refractivity contribution in [1.82, 2.24) is 0 Å². The Bertz CT molecular complexity index is 487. The molecule has 0 aliphatic rings. The molecule has 0 saturated heterocycles. The molecule has 0 radical (unpaired) electrons. The molecule has 90 valence electrons. The Morgan fingerprint density at radius 3 is 2.44 bits per heavy atom. The summed E-state index contributed by atoms with van der Waals surface area (Å²) >= 11 is 11.7. The molecule has 0 amide bonds. The Kier molecular flexibility index (Phi) is 4.46. The Hall–Kier alpha value is 0.380. The maximum Gasteiger partial charge on any atom is 0.210 e. The maximum atomic E-state index is 11.5. The fourth-order valence-corrected chi connectivity index (χ4v) is 2.34. The molecule has 1 N–H and O–H groups in total. The van der Waals surface area contributed by atoms with Crippen molar-refractivity contribution in [3.63, 3.8) is 0 Å². The van der Waals surface area contributed by atoms with Crippen molar-refractivity contribution in [2.24, 2.45) is 0 Å². The molecule has 3 nitrogen and oxygen atoms in total. The van der Waals surface area contributed by atoms with Gasteiger partial charge in [0.05, 0.1) is 0 Å². The van der Waals surface area contributed by atoms with Crippen LogP contribution in [0.25, 0.3) is 0 Å². The molecule has 1 aromatic rings. The lowest BCUT2D eigenvalue weighted by Crippen LogP contribution is -2.31. The van der Waals surface area contributed by atoms with Crippen molar-refractivity contribution in [3.05, 3.63) is 34.9 Å². The van der Waals surface area contributed by atoms with Crippen LogP contribution in [0.15, 0.2) is 24.3 Å². The van der Waals surface area contributed by atoms with E-state index in [2.05, 4.69) is 31.9 Å². The fourth-order valence-electron chi connectivity index (χ4n) is 1.07. The van der Waals surface area contributed by atoms with Gasteiger partial charge in [-0.1, -0.05) is 55.6 Å². The van der Waals surface area contributed by atoms with Crippen LogP contribution in [0.5, 0.6) is 0 Å². The number of aliphatic hydroxyl groups is 1. The topological polar surface area (TPSA) is 54.4 Å². The third-order valence-electron chi connectivity index (χ3n) is 1.98. The molecule has 7 heteroatoms. The summed E-state index contributed by atoms with van der Waals surface area (Å²) in [5.74, 6) is 0. The molecule has 0 aliphatic heterocycles. The highest BCUT2D eigenvalue weighted by atomic mass is 79.9. The standard InChI is InChI=1S/C9H9Br2ClO3S/c1-16(14,15)9(10,11)8(13)6-3-2-4-7(12)5-6/h2-5,8,13H,1H3. The van der Waals surface area contributed by atoms with Gasteiger partial charge in [0.2, 0.25) is 2.57 Å². The van der Waals surface area contributed by atoms with Gasteiger partial charge in [0, 0.05) is 11.3 Å². The average Bonchev–Trinajstić information content (AvgIpc) is 2.14. The van der Waals surface area contributed by atoms with E-state index in [1.54, 1.807) is 18.2 Å². The van der Waals surface area contributed by atoms with E-state index in [0.29, 0.717) is 10.6 Å². The smallest absolute Gasteiger partial charge is 0.210 e. The predicted molar refractivity (Wildman–Crippen MR) is 71.8 cm³/mol. The van der Waals surface area contributed by atoms with Gasteiger partial charge in [0.1, 0.15) is 6.10 Å². The summed E-state index contributed by atoms with van der Waals surface area (Å²) in [6.07, 6.45) is -0.245. The van der Waals surface area contributed by atoms with Crippen LogP contribution in [0.4, 0.5) is 0 Å². The van der Waals surface area contributed by atoms with Crippen molar-refractivity contribution in [3.8, 4) is 0 Å². The van der Waals surface area contributed by atoms with Crippen LogP contribution >= 0.6 is 43.5 Å². The van der Waals surface area contributed by atoms with Gasteiger partial charge >= 0.3 is 0 Å². The third-order valence-corrected chi connectivity index (χ3v) is 7.82. The van der Waals surface area contributed by atoms with Crippen molar-refractivity contribution in [1.29, 1.82) is 0 Å². The molecule has 0 aromatic heterocycles. The van der Waals surface area contributed by atoms with Crippen LogP contribution in [0.1, 0.15) is 11.7 Å². The summed E-state index contributed by atoms with van der Waals surface area (Å²) < 4.78 is 21.3. The molecule has 0 bridgehead atoms.